The Bertz CT molecular complexity index is 656. The van der Waals surface area contributed by atoms with Gasteiger partial charge in [0.1, 0.15) is 5.75 Å². The molecule has 1 heterocycles. The highest BCUT2D eigenvalue weighted by Crippen LogP contribution is 2.26. The number of halogens is 1. The summed E-state index contributed by atoms with van der Waals surface area (Å²) in [5, 5.41) is 3.52. The first-order chi connectivity index (χ1) is 10.6. The number of benzene rings is 1. The van der Waals surface area contributed by atoms with Crippen LogP contribution in [0.2, 0.25) is 5.02 Å². The number of methoxy groups -OCH3 is 1. The summed E-state index contributed by atoms with van der Waals surface area (Å²) in [4.78, 5) is 8.54. The van der Waals surface area contributed by atoms with Crippen LogP contribution in [-0.4, -0.2) is 24.6 Å². The van der Waals surface area contributed by atoms with E-state index in [1.54, 1.807) is 19.2 Å². The predicted octanol–water partition coefficient (Wildman–Crippen LogP) is 3.02. The lowest BCUT2D eigenvalue weighted by atomic mass is 10.2. The Morgan fingerprint density at radius 2 is 2.18 bits per heavy atom. The summed E-state index contributed by atoms with van der Waals surface area (Å²) < 4.78 is 5.10. The summed E-state index contributed by atoms with van der Waals surface area (Å²) >= 11 is 6.06. The van der Waals surface area contributed by atoms with Gasteiger partial charge in [-0.2, -0.15) is 0 Å². The number of guanidine groups is 1. The lowest BCUT2D eigenvalue weighted by Crippen LogP contribution is -2.23. The number of ether oxygens (including phenoxy) is 1. The number of aromatic nitrogens is 1. The molecule has 2 rings (SSSR count). The lowest BCUT2D eigenvalue weighted by molar-refractivity contribution is 0.415. The van der Waals surface area contributed by atoms with Crippen LogP contribution in [0.25, 0.3) is 0 Å². The van der Waals surface area contributed by atoms with E-state index in [1.807, 2.05) is 31.3 Å². The Labute approximate surface area is 135 Å². The zero-order valence-corrected chi connectivity index (χ0v) is 13.4. The molecule has 0 bridgehead atoms. The number of aryl methyl sites for hydroxylation is 1. The molecule has 0 unspecified atom stereocenters. The van der Waals surface area contributed by atoms with Gasteiger partial charge in [-0.25, -0.2) is 0 Å². The molecule has 1 aromatic heterocycles. The highest BCUT2D eigenvalue weighted by molar-refractivity contribution is 6.32. The molecule has 2 aromatic rings. The van der Waals surface area contributed by atoms with Crippen molar-refractivity contribution < 1.29 is 4.74 Å². The minimum absolute atomic E-state index is 0.348. The summed E-state index contributed by atoms with van der Waals surface area (Å²) in [5.74, 6) is 0.968. The largest absolute Gasteiger partial charge is 0.495 e. The van der Waals surface area contributed by atoms with Crippen molar-refractivity contribution in [3.63, 3.8) is 0 Å². The second-order valence-corrected chi connectivity index (χ2v) is 5.21. The summed E-state index contributed by atoms with van der Waals surface area (Å²) in [6.45, 7) is 2.55. The number of pyridine rings is 1. The molecule has 0 atom stereocenters. The SMILES string of the molecule is COc1ccc(NC(N)=NCCc2ccc(C)nc2)cc1Cl. The maximum Gasteiger partial charge on any atom is 0.193 e. The first-order valence-corrected chi connectivity index (χ1v) is 7.28. The third-order valence-electron chi connectivity index (χ3n) is 3.08. The van der Waals surface area contributed by atoms with Crippen molar-refractivity contribution in [1.82, 2.24) is 4.98 Å². The number of anilines is 1. The van der Waals surface area contributed by atoms with Gasteiger partial charge in [0.05, 0.1) is 12.1 Å². The summed E-state index contributed by atoms with van der Waals surface area (Å²) in [6, 6.07) is 9.38. The molecule has 0 amide bonds. The highest BCUT2D eigenvalue weighted by atomic mass is 35.5. The Morgan fingerprint density at radius 1 is 1.36 bits per heavy atom. The van der Waals surface area contributed by atoms with Crippen LogP contribution in [0.3, 0.4) is 0 Å². The van der Waals surface area contributed by atoms with Crippen molar-refractivity contribution in [3.05, 3.63) is 52.8 Å². The van der Waals surface area contributed by atoms with Crippen molar-refractivity contribution in [2.75, 3.05) is 19.0 Å². The number of rotatable bonds is 5. The maximum atomic E-state index is 6.06. The Hall–Kier alpha value is -2.27. The molecule has 0 aliphatic rings. The Kier molecular flexibility index (Phi) is 5.61. The molecule has 0 spiro atoms. The van der Waals surface area contributed by atoms with E-state index < -0.39 is 0 Å². The number of nitrogens with two attached hydrogens (primary N) is 1. The van der Waals surface area contributed by atoms with E-state index in [0.717, 1.165) is 23.4 Å². The third kappa shape index (κ3) is 4.63. The number of hydrogen-bond acceptors (Lipinski definition) is 3. The Morgan fingerprint density at radius 3 is 2.82 bits per heavy atom. The van der Waals surface area contributed by atoms with Gasteiger partial charge < -0.3 is 15.8 Å². The molecular formula is C16H19ClN4O. The van der Waals surface area contributed by atoms with Crippen LogP contribution >= 0.6 is 11.6 Å². The molecule has 3 N–H and O–H groups in total. The molecular weight excluding hydrogens is 300 g/mol. The van der Waals surface area contributed by atoms with Crippen molar-refractivity contribution in [2.24, 2.45) is 10.7 Å². The summed E-state index contributed by atoms with van der Waals surface area (Å²) in [6.07, 6.45) is 2.65. The average Bonchev–Trinajstić information content (AvgIpc) is 2.49. The first kappa shape index (κ1) is 16.1. The van der Waals surface area contributed by atoms with E-state index >= 15 is 0 Å². The van der Waals surface area contributed by atoms with E-state index in [1.165, 1.54) is 0 Å². The first-order valence-electron chi connectivity index (χ1n) is 6.90. The average molecular weight is 319 g/mol. The lowest BCUT2D eigenvalue weighted by Gasteiger charge is -2.08. The molecule has 0 fully saturated rings. The molecule has 0 aliphatic carbocycles. The molecule has 0 saturated carbocycles. The maximum absolute atomic E-state index is 6.06. The van der Waals surface area contributed by atoms with Crippen LogP contribution in [0.15, 0.2) is 41.5 Å². The molecule has 0 radical (unpaired) electrons. The fourth-order valence-electron chi connectivity index (χ4n) is 1.88. The smallest absolute Gasteiger partial charge is 0.193 e. The highest BCUT2D eigenvalue weighted by Gasteiger charge is 2.02. The van der Waals surface area contributed by atoms with Gasteiger partial charge in [-0.1, -0.05) is 17.7 Å². The van der Waals surface area contributed by atoms with Gasteiger partial charge in [-0.3, -0.25) is 9.98 Å². The minimum Gasteiger partial charge on any atom is -0.495 e. The van der Waals surface area contributed by atoms with Gasteiger partial charge >= 0.3 is 0 Å². The molecule has 5 nitrogen and oxygen atoms in total. The fourth-order valence-corrected chi connectivity index (χ4v) is 2.14. The predicted molar refractivity (Wildman–Crippen MR) is 90.8 cm³/mol. The molecule has 0 saturated heterocycles. The normalized spacial score (nSPS) is 11.3. The van der Waals surface area contributed by atoms with Crippen molar-refractivity contribution in [3.8, 4) is 5.75 Å². The van der Waals surface area contributed by atoms with Crippen LogP contribution < -0.4 is 15.8 Å². The number of aliphatic imine (C=N–C) groups is 1. The zero-order valence-electron chi connectivity index (χ0n) is 12.6. The monoisotopic (exact) mass is 318 g/mol. The van der Waals surface area contributed by atoms with Crippen LogP contribution in [0.4, 0.5) is 5.69 Å². The quantitative estimate of drug-likeness (QED) is 0.656. The third-order valence-corrected chi connectivity index (χ3v) is 3.37. The number of nitrogens with zero attached hydrogens (tertiary/aromatic N) is 2. The van der Waals surface area contributed by atoms with E-state index in [0.29, 0.717) is 23.3 Å². The van der Waals surface area contributed by atoms with E-state index in [4.69, 9.17) is 22.1 Å². The van der Waals surface area contributed by atoms with Gasteiger partial charge in [-0.15, -0.1) is 0 Å². The van der Waals surface area contributed by atoms with E-state index in [9.17, 15) is 0 Å². The van der Waals surface area contributed by atoms with Gasteiger partial charge in [0, 0.05) is 24.1 Å². The van der Waals surface area contributed by atoms with Gasteiger partial charge in [-0.05, 0) is 43.2 Å². The second-order valence-electron chi connectivity index (χ2n) is 4.80. The Balaban J connectivity index is 1.89. The molecule has 116 valence electrons. The van der Waals surface area contributed by atoms with Crippen molar-refractivity contribution >= 4 is 23.2 Å². The minimum atomic E-state index is 0.348. The van der Waals surface area contributed by atoms with Crippen LogP contribution in [0.1, 0.15) is 11.3 Å². The van der Waals surface area contributed by atoms with Crippen LogP contribution in [-0.2, 0) is 6.42 Å². The van der Waals surface area contributed by atoms with Gasteiger partial charge in [0.15, 0.2) is 5.96 Å². The van der Waals surface area contributed by atoms with Crippen LogP contribution in [0, 0.1) is 6.92 Å². The molecule has 1 aromatic carbocycles. The summed E-state index contributed by atoms with van der Waals surface area (Å²) in [5.41, 5.74) is 8.77. The van der Waals surface area contributed by atoms with Crippen molar-refractivity contribution in [2.45, 2.75) is 13.3 Å². The standard InChI is InChI=1S/C16H19ClN4O/c1-11-3-4-12(10-20-11)7-8-19-16(18)21-13-5-6-15(22-2)14(17)9-13/h3-6,9-10H,7-8H2,1-2H3,(H3,18,19,21). The van der Waals surface area contributed by atoms with Crippen molar-refractivity contribution in [1.29, 1.82) is 0 Å². The molecule has 22 heavy (non-hydrogen) atoms. The molecule has 0 aliphatic heterocycles. The fraction of sp³-hybridized carbons (Fsp3) is 0.250. The van der Waals surface area contributed by atoms with Gasteiger partial charge in [0.2, 0.25) is 0 Å². The second kappa shape index (κ2) is 7.66. The number of hydrogen-bond donors (Lipinski definition) is 2. The van der Waals surface area contributed by atoms with E-state index in [-0.39, 0.29) is 0 Å². The number of nitrogens with one attached hydrogen (secondary N) is 1. The topological polar surface area (TPSA) is 72.5 Å². The zero-order chi connectivity index (χ0) is 15.9. The summed E-state index contributed by atoms with van der Waals surface area (Å²) in [7, 11) is 1.57. The van der Waals surface area contributed by atoms with E-state index in [2.05, 4.69) is 15.3 Å². The van der Waals surface area contributed by atoms with Gasteiger partial charge in [0.25, 0.3) is 0 Å². The molecule has 6 heteroatoms. The van der Waals surface area contributed by atoms with Crippen LogP contribution in [0.5, 0.6) is 5.75 Å².